The molecule has 0 saturated heterocycles. The number of ether oxygens (including phenoxy) is 1. The minimum Gasteiger partial charge on any atom is -0.385 e. The van der Waals surface area contributed by atoms with Crippen molar-refractivity contribution in [1.82, 2.24) is 0 Å². The molecule has 0 N–H and O–H groups in total. The van der Waals surface area contributed by atoms with E-state index in [0.29, 0.717) is 0 Å². The van der Waals surface area contributed by atoms with Gasteiger partial charge in [-0.25, -0.2) is 0 Å². The van der Waals surface area contributed by atoms with Crippen molar-refractivity contribution in [3.63, 3.8) is 0 Å². The molecule has 5 nitrogen and oxygen atoms in total. The van der Waals surface area contributed by atoms with Crippen LogP contribution in [0.1, 0.15) is 12.8 Å². The van der Waals surface area contributed by atoms with Crippen LogP contribution in [-0.4, -0.2) is 45.8 Å². The number of ketones is 1. The Morgan fingerprint density at radius 3 is 2.18 bits per heavy atom. The molecule has 0 unspecified atom stereocenters. The van der Waals surface area contributed by atoms with E-state index in [2.05, 4.69) is 13.8 Å². The van der Waals surface area contributed by atoms with E-state index >= 15 is 0 Å². The number of halogens is 2. The van der Waals surface area contributed by atoms with Gasteiger partial charge in [0.1, 0.15) is 6.16 Å². The lowest BCUT2D eigenvalue weighted by Gasteiger charge is -2.18. The summed E-state index contributed by atoms with van der Waals surface area (Å²) < 4.78 is 51.6. The van der Waals surface area contributed by atoms with Gasteiger partial charge in [-0.3, -0.25) is 9.36 Å². The second-order valence-electron chi connectivity index (χ2n) is 3.36. The SMILES string of the molecule is COCCCC(F)(F)C(=O)CP(=O)(OC)OC. The Kier molecular flexibility index (Phi) is 7.01. The number of hydrogen-bond donors (Lipinski definition) is 0. The van der Waals surface area contributed by atoms with E-state index in [0.717, 1.165) is 14.2 Å². The van der Waals surface area contributed by atoms with Crippen molar-refractivity contribution in [1.29, 1.82) is 0 Å². The molecule has 0 aromatic rings. The van der Waals surface area contributed by atoms with Crippen molar-refractivity contribution in [2.45, 2.75) is 18.8 Å². The molecule has 0 aromatic heterocycles. The fourth-order valence-corrected chi connectivity index (χ4v) is 2.06. The molecule has 0 radical (unpaired) electrons. The molecular formula is C9H17F2O5P. The van der Waals surface area contributed by atoms with Gasteiger partial charge in [0.25, 0.3) is 0 Å². The van der Waals surface area contributed by atoms with Crippen molar-refractivity contribution >= 4 is 13.4 Å². The molecule has 0 aliphatic rings. The third-order valence-electron chi connectivity index (χ3n) is 2.14. The molecule has 0 aromatic carbocycles. The zero-order chi connectivity index (χ0) is 13.5. The highest BCUT2D eigenvalue weighted by molar-refractivity contribution is 7.54. The maximum Gasteiger partial charge on any atom is 0.337 e. The van der Waals surface area contributed by atoms with Gasteiger partial charge in [0, 0.05) is 34.4 Å². The minimum absolute atomic E-state index is 0.0412. The van der Waals surface area contributed by atoms with Gasteiger partial charge >= 0.3 is 13.5 Å². The van der Waals surface area contributed by atoms with E-state index in [-0.39, 0.29) is 13.0 Å². The van der Waals surface area contributed by atoms with E-state index in [1.54, 1.807) is 0 Å². The molecular weight excluding hydrogens is 257 g/mol. The summed E-state index contributed by atoms with van der Waals surface area (Å²) in [7, 11) is -0.270. The Labute approximate surface area is 99.0 Å². The molecule has 0 fully saturated rings. The Balaban J connectivity index is 4.42. The second-order valence-corrected chi connectivity index (χ2v) is 5.63. The van der Waals surface area contributed by atoms with Crippen LogP contribution in [0.25, 0.3) is 0 Å². The third kappa shape index (κ3) is 5.68. The minimum atomic E-state index is -3.73. The average molecular weight is 274 g/mol. The molecule has 0 aliphatic heterocycles. The zero-order valence-electron chi connectivity index (χ0n) is 10.1. The summed E-state index contributed by atoms with van der Waals surface area (Å²) in [5.41, 5.74) is 0. The van der Waals surface area contributed by atoms with Crippen LogP contribution in [0.5, 0.6) is 0 Å². The van der Waals surface area contributed by atoms with Crippen LogP contribution in [0.3, 0.4) is 0 Å². The molecule has 0 rings (SSSR count). The standard InChI is InChI=1S/C9H17F2O5P/c1-14-6-4-5-9(10,11)8(12)7-17(13,15-2)16-3/h4-7H2,1-3H3. The number of rotatable bonds is 9. The summed E-state index contributed by atoms with van der Waals surface area (Å²) >= 11 is 0. The van der Waals surface area contributed by atoms with Gasteiger partial charge in [-0.1, -0.05) is 0 Å². The molecule has 17 heavy (non-hydrogen) atoms. The normalized spacial score (nSPS) is 12.8. The second kappa shape index (κ2) is 7.16. The Bertz CT molecular complexity index is 287. The van der Waals surface area contributed by atoms with Crippen LogP contribution < -0.4 is 0 Å². The quantitative estimate of drug-likeness (QED) is 0.476. The summed E-state index contributed by atoms with van der Waals surface area (Å²) in [6.07, 6.45) is -1.54. The van der Waals surface area contributed by atoms with Crippen molar-refractivity contribution < 1.29 is 31.9 Å². The number of carbonyl (C=O) groups excluding carboxylic acids is 1. The van der Waals surface area contributed by atoms with Crippen LogP contribution in [0.15, 0.2) is 0 Å². The van der Waals surface area contributed by atoms with E-state index in [9.17, 15) is 18.1 Å². The predicted octanol–water partition coefficient (Wildman–Crippen LogP) is 2.10. The summed E-state index contributed by atoms with van der Waals surface area (Å²) in [6.45, 7) is 0.134. The molecule has 0 atom stereocenters. The molecule has 0 spiro atoms. The Hall–Kier alpha value is -0.360. The van der Waals surface area contributed by atoms with Crippen molar-refractivity contribution in [2.75, 3.05) is 34.1 Å². The topological polar surface area (TPSA) is 61.8 Å². The number of carbonyl (C=O) groups is 1. The van der Waals surface area contributed by atoms with Gasteiger partial charge in [-0.2, -0.15) is 8.78 Å². The van der Waals surface area contributed by atoms with Crippen LogP contribution in [0.2, 0.25) is 0 Å². The monoisotopic (exact) mass is 274 g/mol. The number of alkyl halides is 2. The maximum atomic E-state index is 13.3. The first-order chi connectivity index (χ1) is 7.81. The molecule has 0 amide bonds. The largest absolute Gasteiger partial charge is 0.385 e. The van der Waals surface area contributed by atoms with Crippen LogP contribution in [0.4, 0.5) is 8.78 Å². The summed E-state index contributed by atoms with van der Waals surface area (Å²) in [5.74, 6) is -4.98. The van der Waals surface area contributed by atoms with Crippen molar-refractivity contribution in [2.24, 2.45) is 0 Å². The molecule has 0 heterocycles. The van der Waals surface area contributed by atoms with Gasteiger partial charge in [0.2, 0.25) is 5.78 Å². The lowest BCUT2D eigenvalue weighted by atomic mass is 10.1. The Morgan fingerprint density at radius 2 is 1.76 bits per heavy atom. The lowest BCUT2D eigenvalue weighted by molar-refractivity contribution is -0.141. The van der Waals surface area contributed by atoms with Crippen molar-refractivity contribution in [3.8, 4) is 0 Å². The number of hydrogen-bond acceptors (Lipinski definition) is 5. The van der Waals surface area contributed by atoms with E-state index in [4.69, 9.17) is 0 Å². The predicted molar refractivity (Wildman–Crippen MR) is 57.6 cm³/mol. The van der Waals surface area contributed by atoms with Gasteiger partial charge in [-0.05, 0) is 6.42 Å². The summed E-state index contributed by atoms with van der Waals surface area (Å²) in [5, 5.41) is 0. The molecule has 0 saturated carbocycles. The Morgan fingerprint density at radius 1 is 1.24 bits per heavy atom. The van der Waals surface area contributed by atoms with Gasteiger partial charge in [-0.15, -0.1) is 0 Å². The van der Waals surface area contributed by atoms with Gasteiger partial charge in [0.05, 0.1) is 0 Å². The van der Waals surface area contributed by atoms with Crippen LogP contribution in [-0.2, 0) is 23.1 Å². The first-order valence-corrected chi connectivity index (χ1v) is 6.64. The lowest BCUT2D eigenvalue weighted by Crippen LogP contribution is -2.31. The summed E-state index contributed by atoms with van der Waals surface area (Å²) in [6, 6.07) is 0. The fourth-order valence-electron chi connectivity index (χ4n) is 1.07. The maximum absolute atomic E-state index is 13.3. The highest BCUT2D eigenvalue weighted by Gasteiger charge is 2.42. The molecule has 0 aliphatic carbocycles. The van der Waals surface area contributed by atoms with E-state index in [1.807, 2.05) is 0 Å². The average Bonchev–Trinajstić information content (AvgIpc) is 2.29. The fraction of sp³-hybridized carbons (Fsp3) is 0.889. The summed E-state index contributed by atoms with van der Waals surface area (Å²) in [4.78, 5) is 11.3. The molecule has 8 heteroatoms. The number of Topliss-reactive ketones (excluding diaryl/α,β-unsaturated/α-hetero) is 1. The number of methoxy groups -OCH3 is 1. The first-order valence-electron chi connectivity index (χ1n) is 4.92. The molecule has 0 bridgehead atoms. The zero-order valence-corrected chi connectivity index (χ0v) is 11.0. The van der Waals surface area contributed by atoms with E-state index < -0.39 is 31.9 Å². The van der Waals surface area contributed by atoms with Crippen molar-refractivity contribution in [3.05, 3.63) is 0 Å². The van der Waals surface area contributed by atoms with Gasteiger partial charge in [0.15, 0.2) is 0 Å². The third-order valence-corrected chi connectivity index (χ3v) is 3.93. The highest BCUT2D eigenvalue weighted by atomic mass is 31.2. The highest BCUT2D eigenvalue weighted by Crippen LogP contribution is 2.47. The van der Waals surface area contributed by atoms with Crippen LogP contribution in [0, 0.1) is 0 Å². The van der Waals surface area contributed by atoms with E-state index in [1.165, 1.54) is 7.11 Å². The molecule has 102 valence electrons. The van der Waals surface area contributed by atoms with Crippen LogP contribution >= 0.6 is 7.60 Å². The smallest absolute Gasteiger partial charge is 0.337 e. The van der Waals surface area contributed by atoms with Gasteiger partial charge < -0.3 is 13.8 Å². The first kappa shape index (κ1) is 16.6.